The molecule has 2 nitrogen and oxygen atoms in total. The lowest BCUT2D eigenvalue weighted by molar-refractivity contribution is -0.125. The molecule has 0 bridgehead atoms. The summed E-state index contributed by atoms with van der Waals surface area (Å²) < 4.78 is 12.9. The average molecular weight is 223 g/mol. The minimum atomic E-state index is -0.769. The van der Waals surface area contributed by atoms with Crippen LogP contribution in [-0.4, -0.2) is 18.4 Å². The Kier molecular flexibility index (Phi) is 4.19. The Hall–Kier alpha value is -1.22. The zero-order valence-electron chi connectivity index (χ0n) is 9.68. The Bertz CT molecular complexity index is 346. The van der Waals surface area contributed by atoms with Crippen LogP contribution < -0.4 is 5.32 Å². The summed E-state index contributed by atoms with van der Waals surface area (Å²) in [6.45, 7) is 6.85. The Morgan fingerprint density at radius 2 is 2.25 bits per heavy atom. The van der Waals surface area contributed by atoms with Crippen LogP contribution in [0.2, 0.25) is 0 Å². The molecule has 1 fully saturated rings. The van der Waals surface area contributed by atoms with Crippen molar-refractivity contribution >= 4 is 5.78 Å². The monoisotopic (exact) mass is 223 g/mol. The van der Waals surface area contributed by atoms with Crippen molar-refractivity contribution in [1.29, 1.82) is 0 Å². The van der Waals surface area contributed by atoms with Gasteiger partial charge in [0.05, 0.1) is 0 Å². The Balaban J connectivity index is 3.14. The third kappa shape index (κ3) is 2.30. The zero-order chi connectivity index (χ0) is 12.2. The first-order valence-electron chi connectivity index (χ1n) is 5.48. The van der Waals surface area contributed by atoms with E-state index >= 15 is 0 Å². The van der Waals surface area contributed by atoms with Gasteiger partial charge in [-0.05, 0) is 31.5 Å². The van der Waals surface area contributed by atoms with Gasteiger partial charge in [-0.1, -0.05) is 25.7 Å². The highest BCUT2D eigenvalue weighted by Crippen LogP contribution is 2.32. The van der Waals surface area contributed by atoms with Gasteiger partial charge < -0.3 is 5.32 Å². The van der Waals surface area contributed by atoms with Crippen LogP contribution in [0.1, 0.15) is 25.7 Å². The smallest absolute Gasteiger partial charge is 0.157 e. The lowest BCUT2D eigenvalue weighted by Gasteiger charge is -2.36. The second kappa shape index (κ2) is 5.21. The van der Waals surface area contributed by atoms with E-state index in [0.717, 1.165) is 12.8 Å². The first kappa shape index (κ1) is 12.8. The molecule has 0 aromatic rings. The van der Waals surface area contributed by atoms with Gasteiger partial charge in [-0.15, -0.1) is 0 Å². The Labute approximate surface area is 95.9 Å². The van der Waals surface area contributed by atoms with Gasteiger partial charge in [0, 0.05) is 6.42 Å². The van der Waals surface area contributed by atoms with Crippen molar-refractivity contribution in [3.8, 4) is 0 Å². The molecular formula is C13H18FNO. The van der Waals surface area contributed by atoms with Crippen LogP contribution in [0, 0.1) is 0 Å². The van der Waals surface area contributed by atoms with Gasteiger partial charge in [0.25, 0.3) is 0 Å². The topological polar surface area (TPSA) is 29.1 Å². The van der Waals surface area contributed by atoms with E-state index in [9.17, 15) is 9.18 Å². The summed E-state index contributed by atoms with van der Waals surface area (Å²) in [6.07, 6.45) is 5.90. The minimum absolute atomic E-state index is 0.105. The van der Waals surface area contributed by atoms with E-state index in [1.807, 2.05) is 0 Å². The van der Waals surface area contributed by atoms with Gasteiger partial charge in [0.15, 0.2) is 5.78 Å². The second-order valence-electron chi connectivity index (χ2n) is 4.04. The standard InChI is InChI=1S/C13H18FNO/c1-4-11(9-10(2)14)13(15-3)8-6-5-7-12(13)16/h4,9,15H,1-2,5-8H2,3H3/b11-9+. The molecule has 0 spiro atoms. The molecule has 1 saturated carbocycles. The number of allylic oxidation sites excluding steroid dienone is 2. The van der Waals surface area contributed by atoms with E-state index in [1.54, 1.807) is 7.05 Å². The molecule has 1 aliphatic rings. The molecule has 0 radical (unpaired) electrons. The highest BCUT2D eigenvalue weighted by Gasteiger charge is 2.40. The molecule has 0 saturated heterocycles. The number of halogens is 1. The molecule has 0 aliphatic heterocycles. The zero-order valence-corrected chi connectivity index (χ0v) is 9.68. The number of carbonyl (C=O) groups excluding carboxylic acids is 1. The van der Waals surface area contributed by atoms with Crippen molar-refractivity contribution in [2.75, 3.05) is 7.05 Å². The highest BCUT2D eigenvalue weighted by molar-refractivity contribution is 5.93. The fraction of sp³-hybridized carbons (Fsp3) is 0.462. The molecule has 1 atom stereocenters. The Morgan fingerprint density at radius 1 is 1.56 bits per heavy atom. The third-order valence-electron chi connectivity index (χ3n) is 3.13. The summed E-state index contributed by atoms with van der Waals surface area (Å²) in [5.41, 5.74) is -0.193. The SMILES string of the molecule is C=C/C(=C\C(=C)F)C1(NC)CCCCC1=O. The van der Waals surface area contributed by atoms with Crippen molar-refractivity contribution in [2.45, 2.75) is 31.2 Å². The third-order valence-corrected chi connectivity index (χ3v) is 3.13. The molecule has 3 heteroatoms. The maximum Gasteiger partial charge on any atom is 0.157 e. The molecular weight excluding hydrogens is 205 g/mol. The van der Waals surface area contributed by atoms with Crippen molar-refractivity contribution in [2.24, 2.45) is 0 Å². The van der Waals surface area contributed by atoms with Crippen LogP contribution in [0.3, 0.4) is 0 Å². The lowest BCUT2D eigenvalue weighted by Crippen LogP contribution is -2.53. The molecule has 0 heterocycles. The van der Waals surface area contributed by atoms with Crippen LogP contribution in [0.15, 0.2) is 36.7 Å². The Morgan fingerprint density at radius 3 is 2.69 bits per heavy atom. The summed E-state index contributed by atoms with van der Waals surface area (Å²) >= 11 is 0. The van der Waals surface area contributed by atoms with E-state index in [1.165, 1.54) is 12.2 Å². The molecule has 1 unspecified atom stereocenters. The van der Waals surface area contributed by atoms with Gasteiger partial charge in [-0.25, -0.2) is 4.39 Å². The normalized spacial score (nSPS) is 26.6. The van der Waals surface area contributed by atoms with Crippen molar-refractivity contribution in [3.05, 3.63) is 36.7 Å². The van der Waals surface area contributed by atoms with Crippen LogP contribution in [-0.2, 0) is 4.79 Å². The van der Waals surface area contributed by atoms with Crippen LogP contribution in [0.5, 0.6) is 0 Å². The summed E-state index contributed by atoms with van der Waals surface area (Å²) in [4.78, 5) is 12.0. The summed E-state index contributed by atoms with van der Waals surface area (Å²) in [5.74, 6) is -0.448. The first-order chi connectivity index (χ1) is 7.56. The van der Waals surface area contributed by atoms with Crippen LogP contribution >= 0.6 is 0 Å². The maximum atomic E-state index is 12.9. The van der Waals surface area contributed by atoms with Gasteiger partial charge >= 0.3 is 0 Å². The van der Waals surface area contributed by atoms with Crippen LogP contribution in [0.4, 0.5) is 4.39 Å². The predicted molar refractivity (Wildman–Crippen MR) is 63.8 cm³/mol. The van der Waals surface area contributed by atoms with E-state index in [4.69, 9.17) is 0 Å². The number of hydrogen-bond donors (Lipinski definition) is 1. The van der Waals surface area contributed by atoms with E-state index < -0.39 is 11.4 Å². The fourth-order valence-electron chi connectivity index (χ4n) is 2.27. The van der Waals surface area contributed by atoms with Crippen molar-refractivity contribution in [3.63, 3.8) is 0 Å². The van der Waals surface area contributed by atoms with Crippen LogP contribution in [0.25, 0.3) is 0 Å². The molecule has 0 amide bonds. The molecule has 1 rings (SSSR count). The first-order valence-corrected chi connectivity index (χ1v) is 5.48. The summed E-state index contributed by atoms with van der Waals surface area (Å²) in [6, 6.07) is 0. The predicted octanol–water partition coefficient (Wildman–Crippen LogP) is 2.68. The average Bonchev–Trinajstić information content (AvgIpc) is 2.27. The molecule has 16 heavy (non-hydrogen) atoms. The number of rotatable bonds is 4. The number of carbonyl (C=O) groups is 1. The van der Waals surface area contributed by atoms with E-state index in [2.05, 4.69) is 18.5 Å². The van der Waals surface area contributed by atoms with Crippen molar-refractivity contribution in [1.82, 2.24) is 5.32 Å². The summed E-state index contributed by atoms with van der Waals surface area (Å²) in [7, 11) is 1.72. The minimum Gasteiger partial charge on any atom is -0.304 e. The quantitative estimate of drug-likeness (QED) is 0.742. The van der Waals surface area contributed by atoms with E-state index in [0.29, 0.717) is 18.4 Å². The fourth-order valence-corrected chi connectivity index (χ4v) is 2.27. The lowest BCUT2D eigenvalue weighted by atomic mass is 9.75. The molecule has 0 aromatic carbocycles. The number of ketones is 1. The number of Topliss-reactive ketones (excluding diaryl/α,β-unsaturated/α-hetero) is 1. The molecule has 1 aliphatic carbocycles. The van der Waals surface area contributed by atoms with Gasteiger partial charge in [0.1, 0.15) is 11.4 Å². The molecule has 1 N–H and O–H groups in total. The van der Waals surface area contributed by atoms with E-state index in [-0.39, 0.29) is 5.78 Å². The van der Waals surface area contributed by atoms with Crippen molar-refractivity contribution < 1.29 is 9.18 Å². The summed E-state index contributed by atoms with van der Waals surface area (Å²) in [5, 5.41) is 3.03. The number of hydrogen-bond acceptors (Lipinski definition) is 2. The number of likely N-dealkylation sites (N-methyl/N-ethyl adjacent to an activating group) is 1. The number of nitrogens with one attached hydrogen (secondary N) is 1. The van der Waals surface area contributed by atoms with Gasteiger partial charge in [-0.3, -0.25) is 4.79 Å². The van der Waals surface area contributed by atoms with Gasteiger partial charge in [0.2, 0.25) is 0 Å². The highest BCUT2D eigenvalue weighted by atomic mass is 19.1. The van der Waals surface area contributed by atoms with Gasteiger partial charge in [-0.2, -0.15) is 0 Å². The molecule has 0 aromatic heterocycles. The maximum absolute atomic E-state index is 12.9. The second-order valence-corrected chi connectivity index (χ2v) is 4.04. The molecule has 88 valence electrons. The largest absolute Gasteiger partial charge is 0.304 e.